The Morgan fingerprint density at radius 1 is 1.33 bits per heavy atom. The van der Waals surface area contributed by atoms with Crippen molar-refractivity contribution < 1.29 is 14.7 Å². The van der Waals surface area contributed by atoms with Crippen molar-refractivity contribution in [1.29, 1.82) is 0 Å². The maximum absolute atomic E-state index is 12.4. The van der Waals surface area contributed by atoms with Crippen LogP contribution in [0, 0.1) is 5.92 Å². The van der Waals surface area contributed by atoms with Gasteiger partial charge in [-0.2, -0.15) is 0 Å². The van der Waals surface area contributed by atoms with E-state index in [-0.39, 0.29) is 18.2 Å². The summed E-state index contributed by atoms with van der Waals surface area (Å²) in [5.74, 6) is -0.618. The predicted octanol–water partition coefficient (Wildman–Crippen LogP) is 2.03. The summed E-state index contributed by atoms with van der Waals surface area (Å²) in [4.78, 5) is 28.0. The molecule has 2 aromatic rings. The summed E-state index contributed by atoms with van der Waals surface area (Å²) in [7, 11) is 0. The minimum Gasteiger partial charge on any atom is -0.481 e. The third kappa shape index (κ3) is 2.91. The molecule has 1 amide bonds. The number of nitrogens with one attached hydrogen (secondary N) is 1. The number of carboxylic acids is 1. The number of nitrogens with zero attached hydrogens (tertiary/aromatic N) is 1. The number of hydrogen-bond acceptors (Lipinski definition) is 2. The first-order chi connectivity index (χ1) is 10.1. The third-order valence-electron chi connectivity index (χ3n) is 4.12. The summed E-state index contributed by atoms with van der Waals surface area (Å²) in [5, 5.41) is 9.89. The Balaban J connectivity index is 1.66. The lowest BCUT2D eigenvalue weighted by Crippen LogP contribution is -2.30. The Morgan fingerprint density at radius 2 is 2.14 bits per heavy atom. The molecule has 1 atom stereocenters. The first-order valence-corrected chi connectivity index (χ1v) is 7.18. The number of H-pyrrole nitrogens is 1. The van der Waals surface area contributed by atoms with Gasteiger partial charge in [0, 0.05) is 36.6 Å². The van der Waals surface area contributed by atoms with Crippen LogP contribution in [0.1, 0.15) is 18.4 Å². The van der Waals surface area contributed by atoms with Crippen molar-refractivity contribution in [3.8, 4) is 0 Å². The van der Waals surface area contributed by atoms with Crippen molar-refractivity contribution in [3.05, 3.63) is 36.0 Å². The van der Waals surface area contributed by atoms with Gasteiger partial charge in [-0.1, -0.05) is 18.2 Å². The molecule has 110 valence electrons. The summed E-state index contributed by atoms with van der Waals surface area (Å²) in [6.07, 6.45) is 3.18. The zero-order valence-corrected chi connectivity index (χ0v) is 11.7. The number of para-hydroxylation sites is 1. The summed E-state index contributed by atoms with van der Waals surface area (Å²) in [5.41, 5.74) is 2.03. The van der Waals surface area contributed by atoms with Gasteiger partial charge in [0.2, 0.25) is 5.91 Å². The number of carbonyl (C=O) groups excluding carboxylic acids is 1. The van der Waals surface area contributed by atoms with E-state index in [2.05, 4.69) is 4.98 Å². The van der Waals surface area contributed by atoms with Gasteiger partial charge in [-0.05, 0) is 24.0 Å². The van der Waals surface area contributed by atoms with E-state index in [9.17, 15) is 9.59 Å². The van der Waals surface area contributed by atoms with Crippen LogP contribution in [-0.4, -0.2) is 40.0 Å². The van der Waals surface area contributed by atoms with E-state index in [4.69, 9.17) is 5.11 Å². The molecule has 1 aliphatic heterocycles. The second kappa shape index (κ2) is 5.60. The highest BCUT2D eigenvalue weighted by atomic mass is 16.4. The molecule has 0 spiro atoms. The lowest BCUT2D eigenvalue weighted by molar-refractivity contribution is -0.138. The van der Waals surface area contributed by atoms with Gasteiger partial charge in [0.15, 0.2) is 0 Å². The molecule has 1 saturated heterocycles. The molecule has 0 aliphatic carbocycles. The van der Waals surface area contributed by atoms with Crippen LogP contribution in [0.15, 0.2) is 30.5 Å². The summed E-state index contributed by atoms with van der Waals surface area (Å²) < 4.78 is 0. The molecule has 1 fully saturated rings. The second-order valence-corrected chi connectivity index (χ2v) is 5.63. The molecular weight excluding hydrogens is 268 g/mol. The van der Waals surface area contributed by atoms with Gasteiger partial charge >= 0.3 is 5.97 Å². The number of aromatic amines is 1. The molecule has 1 aromatic heterocycles. The minimum absolute atomic E-state index is 0.0765. The van der Waals surface area contributed by atoms with Crippen molar-refractivity contribution in [3.63, 3.8) is 0 Å². The molecule has 1 aliphatic rings. The number of fused-ring (bicyclic) bond motifs is 1. The number of rotatable bonds is 4. The molecular formula is C16H18N2O3. The number of carboxylic acid groups (broad SMARTS) is 1. The van der Waals surface area contributed by atoms with Crippen LogP contribution in [0.25, 0.3) is 10.9 Å². The number of carbonyl (C=O) groups is 2. The number of aliphatic carboxylic acids is 1. The fourth-order valence-electron chi connectivity index (χ4n) is 3.03. The lowest BCUT2D eigenvalue weighted by Gasteiger charge is -2.16. The molecule has 0 bridgehead atoms. The number of benzene rings is 1. The molecule has 0 saturated carbocycles. The fraction of sp³-hybridized carbons (Fsp3) is 0.375. The third-order valence-corrected chi connectivity index (χ3v) is 4.12. The SMILES string of the molecule is O=C(O)CC1CCN(C(=O)Cc2c[nH]c3ccccc23)C1. The van der Waals surface area contributed by atoms with Crippen molar-refractivity contribution >= 4 is 22.8 Å². The number of hydrogen-bond donors (Lipinski definition) is 2. The van der Waals surface area contributed by atoms with E-state index >= 15 is 0 Å². The Labute approximate surface area is 122 Å². The number of amides is 1. The van der Waals surface area contributed by atoms with E-state index in [0.717, 1.165) is 22.9 Å². The molecule has 5 heteroatoms. The molecule has 1 aromatic carbocycles. The largest absolute Gasteiger partial charge is 0.481 e. The summed E-state index contributed by atoms with van der Waals surface area (Å²) in [6.45, 7) is 1.23. The van der Waals surface area contributed by atoms with Crippen molar-refractivity contribution in [2.75, 3.05) is 13.1 Å². The van der Waals surface area contributed by atoms with Gasteiger partial charge in [-0.25, -0.2) is 0 Å². The van der Waals surface area contributed by atoms with Gasteiger partial charge in [0.1, 0.15) is 0 Å². The maximum atomic E-state index is 12.4. The Kier molecular flexibility index (Phi) is 3.64. The molecule has 1 unspecified atom stereocenters. The van der Waals surface area contributed by atoms with Crippen LogP contribution < -0.4 is 0 Å². The van der Waals surface area contributed by atoms with E-state index in [1.807, 2.05) is 30.5 Å². The zero-order valence-electron chi connectivity index (χ0n) is 11.7. The highest BCUT2D eigenvalue weighted by molar-refractivity contribution is 5.89. The monoisotopic (exact) mass is 286 g/mol. The van der Waals surface area contributed by atoms with Gasteiger partial charge < -0.3 is 15.0 Å². The van der Waals surface area contributed by atoms with Crippen LogP contribution in [0.2, 0.25) is 0 Å². The molecule has 2 heterocycles. The summed E-state index contributed by atoms with van der Waals surface area (Å²) in [6, 6.07) is 7.91. The topological polar surface area (TPSA) is 73.4 Å². The Hall–Kier alpha value is -2.30. The highest BCUT2D eigenvalue weighted by Crippen LogP contribution is 2.22. The fourth-order valence-corrected chi connectivity index (χ4v) is 3.03. The zero-order chi connectivity index (χ0) is 14.8. The number of aromatic nitrogens is 1. The second-order valence-electron chi connectivity index (χ2n) is 5.63. The molecule has 0 radical (unpaired) electrons. The highest BCUT2D eigenvalue weighted by Gasteiger charge is 2.27. The molecule has 21 heavy (non-hydrogen) atoms. The van der Waals surface area contributed by atoms with E-state index in [1.165, 1.54) is 0 Å². The van der Waals surface area contributed by atoms with Crippen LogP contribution in [0.3, 0.4) is 0 Å². The minimum atomic E-state index is -0.786. The first kappa shape index (κ1) is 13.7. The quantitative estimate of drug-likeness (QED) is 0.903. The average molecular weight is 286 g/mol. The Bertz CT molecular complexity index is 677. The smallest absolute Gasteiger partial charge is 0.303 e. The van der Waals surface area contributed by atoms with Crippen LogP contribution in [0.4, 0.5) is 0 Å². The maximum Gasteiger partial charge on any atom is 0.303 e. The van der Waals surface area contributed by atoms with Crippen molar-refractivity contribution in [2.24, 2.45) is 5.92 Å². The van der Waals surface area contributed by atoms with Crippen molar-refractivity contribution in [1.82, 2.24) is 9.88 Å². The van der Waals surface area contributed by atoms with Gasteiger partial charge in [-0.15, -0.1) is 0 Å². The average Bonchev–Trinajstić information content (AvgIpc) is 3.06. The van der Waals surface area contributed by atoms with Gasteiger partial charge in [0.05, 0.1) is 6.42 Å². The standard InChI is InChI=1S/C16H18N2O3/c19-15(18-6-5-11(10-18)7-16(20)21)8-12-9-17-14-4-2-1-3-13(12)14/h1-4,9,11,17H,5-8,10H2,(H,20,21). The van der Waals surface area contributed by atoms with Crippen LogP contribution in [0.5, 0.6) is 0 Å². The lowest BCUT2D eigenvalue weighted by atomic mass is 10.1. The van der Waals surface area contributed by atoms with Crippen molar-refractivity contribution in [2.45, 2.75) is 19.3 Å². The van der Waals surface area contributed by atoms with Gasteiger partial charge in [-0.3, -0.25) is 9.59 Å². The van der Waals surface area contributed by atoms with Crippen LogP contribution >= 0.6 is 0 Å². The van der Waals surface area contributed by atoms with E-state index in [0.29, 0.717) is 19.5 Å². The molecule has 3 rings (SSSR count). The molecule has 2 N–H and O–H groups in total. The van der Waals surface area contributed by atoms with Gasteiger partial charge in [0.25, 0.3) is 0 Å². The first-order valence-electron chi connectivity index (χ1n) is 7.18. The number of likely N-dealkylation sites (tertiary alicyclic amines) is 1. The van der Waals surface area contributed by atoms with E-state index in [1.54, 1.807) is 4.90 Å². The predicted molar refractivity (Wildman–Crippen MR) is 78.9 cm³/mol. The summed E-state index contributed by atoms with van der Waals surface area (Å²) >= 11 is 0. The normalized spacial score (nSPS) is 18.3. The molecule has 5 nitrogen and oxygen atoms in total. The van der Waals surface area contributed by atoms with E-state index < -0.39 is 5.97 Å². The van der Waals surface area contributed by atoms with Crippen LogP contribution in [-0.2, 0) is 16.0 Å². The Morgan fingerprint density at radius 3 is 2.95 bits per heavy atom.